The fraction of sp³-hybridized carbons (Fsp3) is 0.583. The number of hydrogen-bond donors (Lipinski definition) is 1. The van der Waals surface area contributed by atoms with E-state index in [0.717, 1.165) is 9.63 Å². The molecule has 2 heterocycles. The Bertz CT molecular complexity index is 564. The van der Waals surface area contributed by atoms with E-state index in [-0.39, 0.29) is 5.25 Å². The van der Waals surface area contributed by atoms with Crippen LogP contribution in [0.1, 0.15) is 41.9 Å². The molecule has 1 aliphatic carbocycles. The average molecular weight is 374 g/mol. The summed E-state index contributed by atoms with van der Waals surface area (Å²) in [6.07, 6.45) is 4.90. The molecule has 8 heteroatoms. The van der Waals surface area contributed by atoms with Crippen molar-refractivity contribution in [2.75, 3.05) is 6.54 Å². The van der Waals surface area contributed by atoms with Crippen molar-refractivity contribution in [3.63, 3.8) is 0 Å². The number of rotatable bonds is 5. The Kier molecular flexibility index (Phi) is 4.75. The minimum atomic E-state index is 0.206. The molecule has 3 rings (SSSR count). The van der Waals surface area contributed by atoms with Gasteiger partial charge >= 0.3 is 0 Å². The van der Waals surface area contributed by atoms with Crippen LogP contribution in [0, 0.1) is 0 Å². The minimum Gasteiger partial charge on any atom is -0.329 e. The summed E-state index contributed by atoms with van der Waals surface area (Å²) < 4.78 is 3.09. The summed E-state index contributed by atoms with van der Waals surface area (Å²) in [6, 6.07) is 2.58. The van der Waals surface area contributed by atoms with E-state index in [1.54, 1.807) is 23.1 Å². The third-order valence-corrected chi connectivity index (χ3v) is 6.67. The molecule has 2 aromatic rings. The summed E-state index contributed by atoms with van der Waals surface area (Å²) in [5, 5.41) is 15.4. The number of hydrogen-bond acceptors (Lipinski definition) is 6. The second kappa shape index (κ2) is 6.55. The topological polar surface area (TPSA) is 69.6 Å². The molecule has 0 spiro atoms. The Hall–Kier alpha value is -0.440. The lowest BCUT2D eigenvalue weighted by molar-refractivity contribution is 0.422. The number of halogens is 1. The van der Waals surface area contributed by atoms with Crippen molar-refractivity contribution in [2.45, 2.75) is 42.1 Å². The van der Waals surface area contributed by atoms with Crippen LogP contribution in [0.5, 0.6) is 0 Å². The maximum absolute atomic E-state index is 5.93. The minimum absolute atomic E-state index is 0.206. The van der Waals surface area contributed by atoms with Crippen LogP contribution in [-0.2, 0) is 0 Å². The quantitative estimate of drug-likeness (QED) is 0.813. The third-order valence-electron chi connectivity index (χ3n) is 3.50. The van der Waals surface area contributed by atoms with Crippen molar-refractivity contribution < 1.29 is 0 Å². The van der Waals surface area contributed by atoms with Crippen molar-refractivity contribution in [1.82, 2.24) is 20.2 Å². The first kappa shape index (κ1) is 14.5. The molecule has 1 atom stereocenters. The fourth-order valence-electron chi connectivity index (χ4n) is 2.49. The van der Waals surface area contributed by atoms with Crippen molar-refractivity contribution in [2.24, 2.45) is 5.73 Å². The van der Waals surface area contributed by atoms with Gasteiger partial charge in [0.05, 0.1) is 11.3 Å². The monoisotopic (exact) mass is 373 g/mol. The van der Waals surface area contributed by atoms with Gasteiger partial charge in [0.1, 0.15) is 0 Å². The van der Waals surface area contributed by atoms with E-state index >= 15 is 0 Å². The summed E-state index contributed by atoms with van der Waals surface area (Å²) >= 11 is 6.87. The van der Waals surface area contributed by atoms with E-state index in [1.165, 1.54) is 30.6 Å². The highest BCUT2D eigenvalue weighted by Crippen LogP contribution is 2.39. The first-order valence-corrected chi connectivity index (χ1v) is 9.21. The van der Waals surface area contributed by atoms with E-state index in [4.69, 9.17) is 5.73 Å². The van der Waals surface area contributed by atoms with E-state index < -0.39 is 0 Å². The lowest BCUT2D eigenvalue weighted by Crippen LogP contribution is -2.12. The zero-order valence-electron chi connectivity index (χ0n) is 10.9. The van der Waals surface area contributed by atoms with Crippen molar-refractivity contribution in [3.8, 4) is 0 Å². The number of nitrogens with zero attached hydrogens (tertiary/aromatic N) is 4. The molecule has 0 radical (unpaired) electrons. The van der Waals surface area contributed by atoms with E-state index in [0.29, 0.717) is 12.6 Å². The zero-order chi connectivity index (χ0) is 13.9. The molecule has 108 valence electrons. The lowest BCUT2D eigenvalue weighted by atomic mass is 10.3. The van der Waals surface area contributed by atoms with Gasteiger partial charge in [0.25, 0.3) is 0 Å². The van der Waals surface area contributed by atoms with Gasteiger partial charge in [-0.1, -0.05) is 24.6 Å². The molecule has 1 fully saturated rings. The summed E-state index contributed by atoms with van der Waals surface area (Å²) in [4.78, 5) is 1.25. The van der Waals surface area contributed by atoms with Crippen molar-refractivity contribution in [1.29, 1.82) is 0 Å². The van der Waals surface area contributed by atoms with Gasteiger partial charge in [-0.25, -0.2) is 4.68 Å². The molecule has 0 aliphatic heterocycles. The SMILES string of the molecule is NCC(Sc1nnnn1C1CCCC1)c1cc(Br)cs1. The van der Waals surface area contributed by atoms with Crippen LogP contribution >= 0.6 is 39.0 Å². The summed E-state index contributed by atoms with van der Waals surface area (Å²) in [5.41, 5.74) is 5.93. The molecule has 0 saturated heterocycles. The maximum atomic E-state index is 5.93. The fourth-order valence-corrected chi connectivity index (χ4v) is 5.15. The summed E-state index contributed by atoms with van der Waals surface area (Å²) in [6.45, 7) is 0.579. The Balaban J connectivity index is 1.77. The Morgan fingerprint density at radius 1 is 1.50 bits per heavy atom. The smallest absolute Gasteiger partial charge is 0.210 e. The predicted molar refractivity (Wildman–Crippen MR) is 85.0 cm³/mol. The van der Waals surface area contributed by atoms with Gasteiger partial charge in [-0.15, -0.1) is 16.4 Å². The van der Waals surface area contributed by atoms with Crippen molar-refractivity contribution >= 4 is 39.0 Å². The van der Waals surface area contributed by atoms with Gasteiger partial charge in [-0.05, 0) is 45.3 Å². The molecule has 2 aromatic heterocycles. The van der Waals surface area contributed by atoms with Crippen LogP contribution in [0.3, 0.4) is 0 Å². The van der Waals surface area contributed by atoms with Crippen LogP contribution in [0.2, 0.25) is 0 Å². The predicted octanol–water partition coefficient (Wildman–Crippen LogP) is 3.40. The number of tetrazole rings is 1. The van der Waals surface area contributed by atoms with Gasteiger partial charge in [-0.3, -0.25) is 0 Å². The largest absolute Gasteiger partial charge is 0.329 e. The molecule has 1 aliphatic rings. The maximum Gasteiger partial charge on any atom is 0.210 e. The van der Waals surface area contributed by atoms with Crippen LogP contribution in [0.15, 0.2) is 21.1 Å². The molecule has 2 N–H and O–H groups in total. The van der Waals surface area contributed by atoms with Crippen LogP contribution in [-0.4, -0.2) is 26.8 Å². The second-order valence-corrected chi connectivity index (χ2v) is 7.88. The molecular formula is C12H16BrN5S2. The van der Waals surface area contributed by atoms with Gasteiger partial charge in [0, 0.05) is 21.3 Å². The van der Waals surface area contributed by atoms with Crippen LogP contribution < -0.4 is 5.73 Å². The molecule has 0 amide bonds. The van der Waals surface area contributed by atoms with E-state index in [2.05, 4.69) is 42.9 Å². The highest BCUT2D eigenvalue weighted by atomic mass is 79.9. The molecule has 0 bridgehead atoms. The lowest BCUT2D eigenvalue weighted by Gasteiger charge is -2.14. The zero-order valence-corrected chi connectivity index (χ0v) is 14.1. The number of thioether (sulfide) groups is 1. The second-order valence-electron chi connectivity index (χ2n) is 4.85. The Labute approximate surface area is 134 Å². The highest BCUT2D eigenvalue weighted by Gasteiger charge is 2.24. The van der Waals surface area contributed by atoms with Crippen LogP contribution in [0.25, 0.3) is 0 Å². The highest BCUT2D eigenvalue weighted by molar-refractivity contribution is 9.10. The van der Waals surface area contributed by atoms with Gasteiger partial charge in [0.15, 0.2) is 0 Å². The summed E-state index contributed by atoms with van der Waals surface area (Å²) in [5.74, 6) is 0. The van der Waals surface area contributed by atoms with Gasteiger partial charge in [-0.2, -0.15) is 0 Å². The normalized spacial score (nSPS) is 17.7. The first-order chi connectivity index (χ1) is 9.78. The molecule has 20 heavy (non-hydrogen) atoms. The van der Waals surface area contributed by atoms with E-state index in [1.807, 2.05) is 4.68 Å². The van der Waals surface area contributed by atoms with Crippen LogP contribution in [0.4, 0.5) is 0 Å². The molecule has 1 saturated carbocycles. The van der Waals surface area contributed by atoms with Gasteiger partial charge < -0.3 is 5.73 Å². The number of aromatic nitrogens is 4. The third kappa shape index (κ3) is 3.08. The van der Waals surface area contributed by atoms with E-state index in [9.17, 15) is 0 Å². The molecule has 5 nitrogen and oxygen atoms in total. The molecule has 0 aromatic carbocycles. The van der Waals surface area contributed by atoms with Gasteiger partial charge in [0.2, 0.25) is 5.16 Å². The standard InChI is InChI=1S/C12H16BrN5S2/c13-8-5-10(19-7-8)11(6-14)20-12-15-16-17-18(12)9-3-1-2-4-9/h5,7,9,11H,1-4,6,14H2. The molecular weight excluding hydrogens is 358 g/mol. The number of thiophene rings is 1. The van der Waals surface area contributed by atoms with Crippen molar-refractivity contribution in [3.05, 3.63) is 20.8 Å². The Morgan fingerprint density at radius 2 is 2.30 bits per heavy atom. The number of nitrogens with two attached hydrogens (primary N) is 1. The first-order valence-electron chi connectivity index (χ1n) is 6.66. The Morgan fingerprint density at radius 3 is 2.95 bits per heavy atom. The average Bonchev–Trinajstić information content (AvgIpc) is 3.16. The molecule has 1 unspecified atom stereocenters. The summed E-state index contributed by atoms with van der Waals surface area (Å²) in [7, 11) is 0.